The Bertz CT molecular complexity index is 976. The molecule has 1 aliphatic heterocycles. The van der Waals surface area contributed by atoms with Gasteiger partial charge >= 0.3 is 6.18 Å². The Kier molecular flexibility index (Phi) is 4.37. The first-order chi connectivity index (χ1) is 13.0. The van der Waals surface area contributed by atoms with Crippen LogP contribution in [-0.4, -0.2) is 16.3 Å². The van der Waals surface area contributed by atoms with Crippen LogP contribution in [0.3, 0.4) is 0 Å². The van der Waals surface area contributed by atoms with Gasteiger partial charge in [0.05, 0.1) is 11.3 Å². The lowest BCUT2D eigenvalue weighted by Crippen LogP contribution is -2.14. The summed E-state index contributed by atoms with van der Waals surface area (Å²) >= 11 is 0. The van der Waals surface area contributed by atoms with Crippen molar-refractivity contribution in [1.29, 1.82) is 0 Å². The zero-order chi connectivity index (χ0) is 19.0. The minimum atomic E-state index is -4.52. The zero-order valence-corrected chi connectivity index (χ0v) is 14.4. The van der Waals surface area contributed by atoms with Gasteiger partial charge < -0.3 is 5.32 Å². The van der Waals surface area contributed by atoms with Crippen LogP contribution in [0.4, 0.5) is 23.4 Å². The summed E-state index contributed by atoms with van der Waals surface area (Å²) in [6.07, 6.45) is -2.15. The second kappa shape index (κ2) is 6.72. The van der Waals surface area contributed by atoms with E-state index in [0.29, 0.717) is 30.0 Å². The first-order valence-corrected chi connectivity index (χ1v) is 8.74. The van der Waals surface area contributed by atoms with Crippen molar-refractivity contribution in [1.82, 2.24) is 9.78 Å². The fraction of sp³-hybridized carbons (Fsp3) is 0.250. The molecular weight excluding hydrogens is 358 g/mol. The summed E-state index contributed by atoms with van der Waals surface area (Å²) in [6.45, 7) is 0.629. The zero-order valence-electron chi connectivity index (χ0n) is 14.4. The van der Waals surface area contributed by atoms with Crippen LogP contribution in [0, 0.1) is 5.82 Å². The van der Waals surface area contributed by atoms with E-state index in [1.54, 1.807) is 18.2 Å². The fourth-order valence-electron chi connectivity index (χ4n) is 3.44. The molecule has 0 saturated carbocycles. The van der Waals surface area contributed by atoms with Gasteiger partial charge in [0.2, 0.25) is 0 Å². The molecule has 3 aromatic rings. The number of halogens is 4. The number of benzene rings is 2. The number of anilines is 1. The maximum absolute atomic E-state index is 14.4. The first-order valence-electron chi connectivity index (χ1n) is 8.74. The molecule has 0 saturated heterocycles. The quantitative estimate of drug-likeness (QED) is 0.604. The predicted molar refractivity (Wildman–Crippen MR) is 95.4 cm³/mol. The number of nitrogens with one attached hydrogen (secondary N) is 1. The molecule has 4 rings (SSSR count). The summed E-state index contributed by atoms with van der Waals surface area (Å²) in [6, 6.07) is 11.5. The number of fused-ring (bicyclic) bond motifs is 1. The highest BCUT2D eigenvalue weighted by atomic mass is 19.4. The van der Waals surface area contributed by atoms with Crippen molar-refractivity contribution in [2.75, 3.05) is 11.9 Å². The maximum Gasteiger partial charge on any atom is 0.418 e. The van der Waals surface area contributed by atoms with Gasteiger partial charge in [-0.15, -0.1) is 0 Å². The van der Waals surface area contributed by atoms with E-state index in [1.165, 1.54) is 28.9 Å². The molecule has 140 valence electrons. The summed E-state index contributed by atoms with van der Waals surface area (Å²) in [7, 11) is 0. The van der Waals surface area contributed by atoms with Crippen LogP contribution in [0.1, 0.15) is 24.0 Å². The number of nitrogens with zero attached hydrogens (tertiary/aromatic N) is 2. The molecule has 0 aliphatic carbocycles. The molecule has 2 aromatic carbocycles. The molecular formula is C20H17F4N3. The average Bonchev–Trinajstić information content (AvgIpc) is 2.83. The lowest BCUT2D eigenvalue weighted by Gasteiger charge is -2.15. The summed E-state index contributed by atoms with van der Waals surface area (Å²) < 4.78 is 56.2. The largest absolute Gasteiger partial charge is 0.418 e. The maximum atomic E-state index is 14.4. The van der Waals surface area contributed by atoms with Crippen LogP contribution in [0.2, 0.25) is 0 Å². The SMILES string of the molecule is Fc1ccccc1-c1nn(-c2ccccc2C(F)(F)F)c2c1CCCCN2. The molecule has 0 bridgehead atoms. The van der Waals surface area contributed by atoms with E-state index in [1.807, 2.05) is 0 Å². The van der Waals surface area contributed by atoms with Gasteiger partial charge in [-0.1, -0.05) is 24.3 Å². The highest BCUT2D eigenvalue weighted by Crippen LogP contribution is 2.39. The van der Waals surface area contributed by atoms with Gasteiger partial charge in [0.15, 0.2) is 0 Å². The van der Waals surface area contributed by atoms with Crippen LogP contribution in [0.5, 0.6) is 0 Å². The molecule has 27 heavy (non-hydrogen) atoms. The van der Waals surface area contributed by atoms with Gasteiger partial charge in [0.1, 0.15) is 17.3 Å². The molecule has 1 aromatic heterocycles. The number of hydrogen-bond acceptors (Lipinski definition) is 2. The molecule has 0 unspecified atom stereocenters. The van der Waals surface area contributed by atoms with Crippen molar-refractivity contribution in [2.24, 2.45) is 0 Å². The lowest BCUT2D eigenvalue weighted by atomic mass is 10.0. The standard InChI is InChI=1S/C20H17F4N3/c21-16-10-3-1-7-13(16)18-14-8-5-6-12-25-19(14)27(26-18)17-11-4-2-9-15(17)20(22,23)24/h1-4,7,9-11,25H,5-6,8,12H2. The molecule has 3 nitrogen and oxygen atoms in total. The van der Waals surface area contributed by atoms with Crippen LogP contribution in [0.15, 0.2) is 48.5 Å². The topological polar surface area (TPSA) is 29.9 Å². The van der Waals surface area contributed by atoms with E-state index in [0.717, 1.165) is 24.5 Å². The van der Waals surface area contributed by atoms with Crippen LogP contribution >= 0.6 is 0 Å². The monoisotopic (exact) mass is 375 g/mol. The summed E-state index contributed by atoms with van der Waals surface area (Å²) in [5.74, 6) is 0.0563. The van der Waals surface area contributed by atoms with Crippen LogP contribution in [-0.2, 0) is 12.6 Å². The van der Waals surface area contributed by atoms with Gasteiger partial charge in [-0.3, -0.25) is 0 Å². The van der Waals surface area contributed by atoms with Gasteiger partial charge in [-0.2, -0.15) is 18.3 Å². The number of alkyl halides is 3. The van der Waals surface area contributed by atoms with Crippen molar-refractivity contribution >= 4 is 5.82 Å². The van der Waals surface area contributed by atoms with Crippen LogP contribution in [0.25, 0.3) is 16.9 Å². The molecule has 0 spiro atoms. The molecule has 1 aliphatic rings. The second-order valence-corrected chi connectivity index (χ2v) is 6.47. The van der Waals surface area contributed by atoms with E-state index in [-0.39, 0.29) is 5.69 Å². The average molecular weight is 375 g/mol. The molecule has 0 fully saturated rings. The van der Waals surface area contributed by atoms with Crippen molar-refractivity contribution in [3.05, 3.63) is 65.5 Å². The van der Waals surface area contributed by atoms with Gasteiger partial charge in [0, 0.05) is 17.7 Å². The Balaban J connectivity index is 1.98. The number of aromatic nitrogens is 2. The summed E-state index contributed by atoms with van der Waals surface area (Å²) in [5.41, 5.74) is 0.574. The Morgan fingerprint density at radius 2 is 1.70 bits per heavy atom. The van der Waals surface area contributed by atoms with Crippen molar-refractivity contribution in [3.8, 4) is 16.9 Å². The van der Waals surface area contributed by atoms with Crippen molar-refractivity contribution in [3.63, 3.8) is 0 Å². The van der Waals surface area contributed by atoms with Gasteiger partial charge in [-0.25, -0.2) is 9.07 Å². The molecule has 7 heteroatoms. The third-order valence-corrected chi connectivity index (χ3v) is 4.70. The predicted octanol–water partition coefficient (Wildman–Crippen LogP) is 5.45. The van der Waals surface area contributed by atoms with Gasteiger partial charge in [0.25, 0.3) is 0 Å². The third-order valence-electron chi connectivity index (χ3n) is 4.70. The Labute approximate surface area is 153 Å². The number of hydrogen-bond donors (Lipinski definition) is 1. The van der Waals surface area contributed by atoms with E-state index in [2.05, 4.69) is 10.4 Å². The van der Waals surface area contributed by atoms with Crippen molar-refractivity contribution in [2.45, 2.75) is 25.4 Å². The summed E-state index contributed by atoms with van der Waals surface area (Å²) in [4.78, 5) is 0. The van der Waals surface area contributed by atoms with E-state index < -0.39 is 17.6 Å². The third kappa shape index (κ3) is 3.18. The minimum Gasteiger partial charge on any atom is -0.370 e. The first kappa shape index (κ1) is 17.6. The molecule has 0 radical (unpaired) electrons. The Morgan fingerprint density at radius 3 is 2.48 bits per heavy atom. The van der Waals surface area contributed by atoms with Gasteiger partial charge in [-0.05, 0) is 43.5 Å². The normalized spacial score (nSPS) is 14.4. The molecule has 0 amide bonds. The van der Waals surface area contributed by atoms with Crippen LogP contribution < -0.4 is 5.32 Å². The van der Waals surface area contributed by atoms with E-state index >= 15 is 0 Å². The summed E-state index contributed by atoms with van der Waals surface area (Å²) in [5, 5.41) is 7.61. The molecule has 0 atom stereocenters. The molecule has 1 N–H and O–H groups in total. The highest BCUT2D eigenvalue weighted by Gasteiger charge is 2.35. The molecule has 2 heterocycles. The van der Waals surface area contributed by atoms with Crippen molar-refractivity contribution < 1.29 is 17.6 Å². The van der Waals surface area contributed by atoms with E-state index in [4.69, 9.17) is 0 Å². The minimum absolute atomic E-state index is 0.0711. The Hall–Kier alpha value is -2.83. The second-order valence-electron chi connectivity index (χ2n) is 6.47. The number of rotatable bonds is 2. The number of para-hydroxylation sites is 1. The highest BCUT2D eigenvalue weighted by molar-refractivity contribution is 5.72. The lowest BCUT2D eigenvalue weighted by molar-refractivity contribution is -0.137. The smallest absolute Gasteiger partial charge is 0.370 e. The van der Waals surface area contributed by atoms with E-state index in [9.17, 15) is 17.6 Å². The Morgan fingerprint density at radius 1 is 0.963 bits per heavy atom. The fourth-order valence-corrected chi connectivity index (χ4v) is 3.44.